The Balaban J connectivity index is 1.06. The van der Waals surface area contributed by atoms with E-state index in [9.17, 15) is 0 Å². The van der Waals surface area contributed by atoms with Crippen LogP contribution in [0, 0.1) is 0 Å². The second kappa shape index (κ2) is 13.2. The van der Waals surface area contributed by atoms with Gasteiger partial charge in [-0.15, -0.1) is 0 Å². The fourth-order valence-corrected chi connectivity index (χ4v) is 8.55. The molecule has 0 aliphatic heterocycles. The van der Waals surface area contributed by atoms with Crippen LogP contribution in [-0.2, 0) is 0 Å². The van der Waals surface area contributed by atoms with Gasteiger partial charge in [0, 0.05) is 33.3 Å². The third-order valence-corrected chi connectivity index (χ3v) is 11.2. The van der Waals surface area contributed by atoms with Crippen molar-refractivity contribution in [3.05, 3.63) is 212 Å². The van der Waals surface area contributed by atoms with Gasteiger partial charge in [0.1, 0.15) is 11.2 Å². The van der Waals surface area contributed by atoms with E-state index in [0.717, 1.165) is 55.7 Å². The molecule has 0 aliphatic rings. The first-order valence-corrected chi connectivity index (χ1v) is 19.2. The maximum Gasteiger partial charge on any atom is 0.143 e. The molecular formula is C54H35NO. The number of benzene rings is 10. The summed E-state index contributed by atoms with van der Waals surface area (Å²) in [4.78, 5) is 2.38. The molecule has 0 N–H and O–H groups in total. The maximum absolute atomic E-state index is 6.50. The molecule has 2 heteroatoms. The van der Waals surface area contributed by atoms with Crippen LogP contribution < -0.4 is 4.90 Å². The van der Waals surface area contributed by atoms with Gasteiger partial charge >= 0.3 is 0 Å². The topological polar surface area (TPSA) is 16.4 Å². The van der Waals surface area contributed by atoms with Crippen LogP contribution in [0.1, 0.15) is 0 Å². The van der Waals surface area contributed by atoms with E-state index in [0.29, 0.717) is 0 Å². The van der Waals surface area contributed by atoms with Crippen LogP contribution in [0.5, 0.6) is 0 Å². The zero-order chi connectivity index (χ0) is 37.0. The van der Waals surface area contributed by atoms with Gasteiger partial charge in [-0.1, -0.05) is 170 Å². The number of hydrogen-bond acceptors (Lipinski definition) is 2. The first-order chi connectivity index (χ1) is 27.8. The van der Waals surface area contributed by atoms with E-state index in [1.54, 1.807) is 0 Å². The highest BCUT2D eigenvalue weighted by atomic mass is 16.3. The van der Waals surface area contributed by atoms with E-state index in [1.165, 1.54) is 49.0 Å². The predicted octanol–water partition coefficient (Wildman–Crippen LogP) is 15.5. The van der Waals surface area contributed by atoms with Crippen LogP contribution in [0.3, 0.4) is 0 Å². The molecule has 0 aliphatic carbocycles. The van der Waals surface area contributed by atoms with Crippen molar-refractivity contribution in [3.63, 3.8) is 0 Å². The van der Waals surface area contributed by atoms with E-state index < -0.39 is 0 Å². The van der Waals surface area contributed by atoms with Crippen molar-refractivity contribution in [3.8, 4) is 33.4 Å². The van der Waals surface area contributed by atoms with Crippen molar-refractivity contribution in [1.29, 1.82) is 0 Å². The summed E-state index contributed by atoms with van der Waals surface area (Å²) in [5.41, 5.74) is 11.9. The highest BCUT2D eigenvalue weighted by Gasteiger charge is 2.19. The molecule has 0 fully saturated rings. The molecule has 1 aromatic heterocycles. The lowest BCUT2D eigenvalue weighted by atomic mass is 9.94. The SMILES string of the molecule is c1ccc(-c2ccccc2N(c2ccc(-c3ccc4ccc5ccc6ccccc6c5c4c3)cc2)c2cccc(-c3cccc4c3oc3ccccc34)c2)cc1. The van der Waals surface area contributed by atoms with Crippen LogP contribution >= 0.6 is 0 Å². The Bertz CT molecular complexity index is 3240. The third-order valence-electron chi connectivity index (χ3n) is 11.2. The Morgan fingerprint density at radius 1 is 0.321 bits per heavy atom. The van der Waals surface area contributed by atoms with Gasteiger partial charge in [0.2, 0.25) is 0 Å². The fraction of sp³-hybridized carbons (Fsp3) is 0. The van der Waals surface area contributed by atoms with Gasteiger partial charge in [0.15, 0.2) is 0 Å². The molecule has 0 radical (unpaired) electrons. The largest absolute Gasteiger partial charge is 0.455 e. The van der Waals surface area contributed by atoms with Crippen LogP contribution in [0.25, 0.3) is 87.6 Å². The molecule has 0 atom stereocenters. The monoisotopic (exact) mass is 713 g/mol. The molecule has 0 unspecified atom stereocenters. The molecule has 0 saturated carbocycles. The van der Waals surface area contributed by atoms with Gasteiger partial charge in [0.25, 0.3) is 0 Å². The lowest BCUT2D eigenvalue weighted by Gasteiger charge is -2.28. The molecule has 0 amide bonds. The molecule has 2 nitrogen and oxygen atoms in total. The Morgan fingerprint density at radius 3 is 1.82 bits per heavy atom. The number of hydrogen-bond donors (Lipinski definition) is 0. The summed E-state index contributed by atoms with van der Waals surface area (Å²) in [7, 11) is 0. The first kappa shape index (κ1) is 32.0. The van der Waals surface area contributed by atoms with Gasteiger partial charge in [-0.3, -0.25) is 0 Å². The van der Waals surface area contributed by atoms with Crippen LogP contribution in [-0.4, -0.2) is 0 Å². The molecule has 11 aromatic rings. The minimum absolute atomic E-state index is 0.901. The molecule has 10 aromatic carbocycles. The zero-order valence-electron chi connectivity index (χ0n) is 30.6. The van der Waals surface area contributed by atoms with Crippen LogP contribution in [0.15, 0.2) is 217 Å². The van der Waals surface area contributed by atoms with Gasteiger partial charge < -0.3 is 9.32 Å². The number of para-hydroxylation sites is 3. The Hall–Kier alpha value is -7.42. The minimum Gasteiger partial charge on any atom is -0.455 e. The van der Waals surface area contributed by atoms with Gasteiger partial charge in [0.05, 0.1) is 5.69 Å². The summed E-state index contributed by atoms with van der Waals surface area (Å²) in [6, 6.07) is 76.5. The van der Waals surface area contributed by atoms with Crippen molar-refractivity contribution >= 4 is 71.3 Å². The number of nitrogens with zero attached hydrogens (tertiary/aromatic N) is 1. The Labute approximate surface area is 325 Å². The van der Waals surface area contributed by atoms with Gasteiger partial charge in [-0.05, 0) is 97.0 Å². The average molecular weight is 714 g/mol. The molecule has 0 spiro atoms. The van der Waals surface area contributed by atoms with E-state index >= 15 is 0 Å². The van der Waals surface area contributed by atoms with Crippen molar-refractivity contribution in [1.82, 2.24) is 0 Å². The average Bonchev–Trinajstić information content (AvgIpc) is 3.66. The van der Waals surface area contributed by atoms with E-state index in [1.807, 2.05) is 12.1 Å². The second-order valence-electron chi connectivity index (χ2n) is 14.5. The van der Waals surface area contributed by atoms with Gasteiger partial charge in [-0.2, -0.15) is 0 Å². The van der Waals surface area contributed by atoms with Crippen LogP contribution in [0.4, 0.5) is 17.1 Å². The molecule has 11 rings (SSSR count). The lowest BCUT2D eigenvalue weighted by Crippen LogP contribution is -2.11. The summed E-state index contributed by atoms with van der Waals surface area (Å²) in [5.74, 6) is 0. The summed E-state index contributed by atoms with van der Waals surface area (Å²) in [6.45, 7) is 0. The predicted molar refractivity (Wildman–Crippen MR) is 237 cm³/mol. The van der Waals surface area contributed by atoms with E-state index in [-0.39, 0.29) is 0 Å². The third kappa shape index (κ3) is 5.34. The summed E-state index contributed by atoms with van der Waals surface area (Å²) >= 11 is 0. The Morgan fingerprint density at radius 2 is 0.946 bits per heavy atom. The lowest BCUT2D eigenvalue weighted by molar-refractivity contribution is 0.670. The van der Waals surface area contributed by atoms with E-state index in [2.05, 4.69) is 205 Å². The van der Waals surface area contributed by atoms with Crippen molar-refractivity contribution in [2.24, 2.45) is 0 Å². The molecule has 0 saturated heterocycles. The standard InChI is InChI=1S/C54H35NO/c1-2-12-37(13-3-1)45-17-6-8-22-51(45)55(44-16-10-15-42(34-44)47-20-11-21-49-48-19-7-9-23-52(48)56-54(47)49)43-32-30-36(31-33-43)41-29-26-39-25-28-40-27-24-38-14-4-5-18-46(38)53(40)50(39)35-41/h1-35H. The molecule has 0 bridgehead atoms. The molecule has 262 valence electrons. The number of anilines is 3. The highest BCUT2D eigenvalue weighted by molar-refractivity contribution is 6.20. The number of fused-ring (bicyclic) bond motifs is 8. The van der Waals surface area contributed by atoms with Crippen molar-refractivity contribution in [2.75, 3.05) is 4.90 Å². The number of furan rings is 1. The zero-order valence-corrected chi connectivity index (χ0v) is 30.6. The Kier molecular flexibility index (Phi) is 7.53. The molecule has 56 heavy (non-hydrogen) atoms. The summed E-state index contributed by atoms with van der Waals surface area (Å²) in [6.07, 6.45) is 0. The van der Waals surface area contributed by atoms with Crippen LogP contribution in [0.2, 0.25) is 0 Å². The smallest absolute Gasteiger partial charge is 0.143 e. The second-order valence-corrected chi connectivity index (χ2v) is 14.5. The van der Waals surface area contributed by atoms with E-state index in [4.69, 9.17) is 4.42 Å². The maximum atomic E-state index is 6.50. The quantitative estimate of drug-likeness (QED) is 0.160. The minimum atomic E-state index is 0.901. The number of rotatable bonds is 6. The highest BCUT2D eigenvalue weighted by Crippen LogP contribution is 2.44. The van der Waals surface area contributed by atoms with Crippen molar-refractivity contribution < 1.29 is 4.42 Å². The first-order valence-electron chi connectivity index (χ1n) is 19.2. The summed E-state index contributed by atoms with van der Waals surface area (Å²) in [5, 5.41) is 9.89. The van der Waals surface area contributed by atoms with Gasteiger partial charge in [-0.25, -0.2) is 0 Å². The summed E-state index contributed by atoms with van der Waals surface area (Å²) < 4.78 is 6.50. The fourth-order valence-electron chi connectivity index (χ4n) is 8.55. The molecule has 1 heterocycles. The molecular weight excluding hydrogens is 679 g/mol. The van der Waals surface area contributed by atoms with Crippen molar-refractivity contribution in [2.45, 2.75) is 0 Å². The normalized spacial score (nSPS) is 11.6.